The molecule has 0 saturated carbocycles. The lowest BCUT2D eigenvalue weighted by Crippen LogP contribution is -2.41. The summed E-state index contributed by atoms with van der Waals surface area (Å²) in [6.45, 7) is 17.8. The molecule has 13 nitrogen and oxygen atoms in total. The number of morpholine rings is 1. The normalized spacial score (nSPS) is 14.2. The number of aryl methyl sites for hydroxylation is 2. The first kappa shape index (κ1) is 35.3. The largest absolute Gasteiger partial charge is 0.444 e. The highest BCUT2D eigenvalue weighted by Gasteiger charge is 2.31. The van der Waals surface area contributed by atoms with Gasteiger partial charge in [0.1, 0.15) is 12.1 Å². The van der Waals surface area contributed by atoms with Crippen LogP contribution >= 0.6 is 0 Å². The molecule has 4 rings (SSSR count). The number of alkyl carbamates (subject to hydrolysis) is 1. The Morgan fingerprint density at radius 2 is 1.74 bits per heavy atom. The van der Waals surface area contributed by atoms with Crippen LogP contribution in [-0.4, -0.2) is 115 Å². The van der Waals surface area contributed by atoms with Crippen molar-refractivity contribution in [2.24, 2.45) is 0 Å². The van der Waals surface area contributed by atoms with E-state index in [-0.39, 0.29) is 12.5 Å². The van der Waals surface area contributed by atoms with E-state index >= 15 is 0 Å². The summed E-state index contributed by atoms with van der Waals surface area (Å²) in [6, 6.07) is 4.09. The number of imidazole rings is 1. The molecular weight excluding hydrogens is 590 g/mol. The number of nitrogens with one attached hydrogen (secondary N) is 1. The minimum atomic E-state index is -0.614. The Bertz CT molecular complexity index is 1450. The highest BCUT2D eigenvalue weighted by molar-refractivity contribution is 6.06. The van der Waals surface area contributed by atoms with Crippen molar-refractivity contribution in [2.75, 3.05) is 73.4 Å². The number of aromatic nitrogens is 4. The van der Waals surface area contributed by atoms with Crippen LogP contribution in [0.4, 0.5) is 4.79 Å². The maximum atomic E-state index is 14.4. The molecule has 1 aliphatic rings. The highest BCUT2D eigenvalue weighted by Crippen LogP contribution is 2.29. The van der Waals surface area contributed by atoms with E-state index in [0.29, 0.717) is 45.0 Å². The van der Waals surface area contributed by atoms with Crippen LogP contribution in [0.25, 0.3) is 22.2 Å². The molecular formula is C33H52N7O6+. The van der Waals surface area contributed by atoms with Gasteiger partial charge < -0.3 is 29.2 Å². The van der Waals surface area contributed by atoms with Gasteiger partial charge in [-0.05, 0) is 52.3 Å². The lowest BCUT2D eigenvalue weighted by atomic mass is 10.0. The molecule has 3 heterocycles. The number of amides is 2. The predicted molar refractivity (Wildman–Crippen MR) is 175 cm³/mol. The van der Waals surface area contributed by atoms with Crippen molar-refractivity contribution >= 4 is 23.0 Å². The van der Waals surface area contributed by atoms with E-state index in [1.54, 1.807) is 19.1 Å². The summed E-state index contributed by atoms with van der Waals surface area (Å²) in [4.78, 5) is 31.2. The molecule has 0 atom stereocenters. The van der Waals surface area contributed by atoms with Gasteiger partial charge in [-0.25, -0.2) is 13.9 Å². The fraction of sp³-hybridized carbons (Fsp3) is 0.636. The molecule has 46 heavy (non-hydrogen) atoms. The van der Waals surface area contributed by atoms with Gasteiger partial charge in [-0.2, -0.15) is 5.10 Å². The second-order valence-corrected chi connectivity index (χ2v) is 12.4. The van der Waals surface area contributed by atoms with Crippen LogP contribution in [0.2, 0.25) is 0 Å². The van der Waals surface area contributed by atoms with Crippen LogP contribution in [0.1, 0.15) is 50.8 Å². The zero-order valence-corrected chi connectivity index (χ0v) is 28.6. The van der Waals surface area contributed by atoms with E-state index in [1.807, 2.05) is 50.8 Å². The van der Waals surface area contributed by atoms with Crippen LogP contribution in [0.5, 0.6) is 0 Å². The molecule has 13 heteroatoms. The van der Waals surface area contributed by atoms with Crippen molar-refractivity contribution in [3.05, 3.63) is 35.9 Å². The summed E-state index contributed by atoms with van der Waals surface area (Å²) in [5.74, 6) is 0.765. The van der Waals surface area contributed by atoms with Crippen molar-refractivity contribution in [3.63, 3.8) is 0 Å². The molecule has 1 aromatic carbocycles. The van der Waals surface area contributed by atoms with Gasteiger partial charge in [0.05, 0.1) is 57.8 Å². The molecule has 1 N–H and O–H groups in total. The van der Waals surface area contributed by atoms with Crippen molar-refractivity contribution in [1.29, 1.82) is 0 Å². The van der Waals surface area contributed by atoms with E-state index in [2.05, 4.69) is 37.4 Å². The lowest BCUT2D eigenvalue weighted by molar-refractivity contribution is -0.676. The third-order valence-electron chi connectivity index (χ3n) is 8.06. The average Bonchev–Trinajstić information content (AvgIpc) is 3.64. The highest BCUT2D eigenvalue weighted by atomic mass is 16.6. The smallest absolute Gasteiger partial charge is 0.408 e. The summed E-state index contributed by atoms with van der Waals surface area (Å²) in [5.41, 5.74) is 3.52. The molecule has 1 aliphatic heterocycles. The summed E-state index contributed by atoms with van der Waals surface area (Å²) < 4.78 is 27.9. The lowest BCUT2D eigenvalue weighted by Gasteiger charge is -2.26. The van der Waals surface area contributed by atoms with Crippen molar-refractivity contribution < 1.29 is 33.1 Å². The first-order valence-corrected chi connectivity index (χ1v) is 16.3. The Labute approximate surface area is 272 Å². The average molecular weight is 643 g/mol. The second kappa shape index (κ2) is 16.3. The van der Waals surface area contributed by atoms with Gasteiger partial charge in [0.2, 0.25) is 0 Å². The third-order valence-corrected chi connectivity index (χ3v) is 8.06. The Balaban J connectivity index is 1.79. The molecule has 254 valence electrons. The molecule has 2 amide bonds. The maximum Gasteiger partial charge on any atom is 0.408 e. The zero-order chi connectivity index (χ0) is 33.3. The van der Waals surface area contributed by atoms with Gasteiger partial charge in [0, 0.05) is 58.7 Å². The van der Waals surface area contributed by atoms with Gasteiger partial charge in [-0.15, -0.1) is 0 Å². The van der Waals surface area contributed by atoms with Crippen LogP contribution in [0, 0.1) is 0 Å². The minimum Gasteiger partial charge on any atom is -0.444 e. The molecule has 0 unspecified atom stereocenters. The number of hydrogen-bond donors (Lipinski definition) is 1. The van der Waals surface area contributed by atoms with E-state index in [1.165, 1.54) is 0 Å². The van der Waals surface area contributed by atoms with Gasteiger partial charge >= 0.3 is 6.09 Å². The summed E-state index contributed by atoms with van der Waals surface area (Å²) in [5, 5.41) is 7.59. The van der Waals surface area contributed by atoms with E-state index in [0.717, 1.165) is 67.4 Å². The van der Waals surface area contributed by atoms with Crippen LogP contribution in [0.15, 0.2) is 24.5 Å². The van der Waals surface area contributed by atoms with E-state index < -0.39 is 11.7 Å². The molecule has 0 bridgehead atoms. The number of ether oxygens (including phenoxy) is 4. The van der Waals surface area contributed by atoms with E-state index in [4.69, 9.17) is 18.9 Å². The van der Waals surface area contributed by atoms with Crippen molar-refractivity contribution in [2.45, 2.75) is 66.4 Å². The number of rotatable bonds is 15. The van der Waals surface area contributed by atoms with Crippen molar-refractivity contribution in [1.82, 2.24) is 29.5 Å². The Kier molecular flexibility index (Phi) is 12.6. The van der Waals surface area contributed by atoms with Crippen LogP contribution < -0.4 is 9.88 Å². The first-order chi connectivity index (χ1) is 22.1. The molecule has 0 spiro atoms. The number of carbonyl (C=O) groups is 2. The number of fused-ring (bicyclic) bond motifs is 1. The fourth-order valence-electron chi connectivity index (χ4n) is 5.79. The molecule has 0 radical (unpaired) electrons. The maximum absolute atomic E-state index is 14.4. The minimum absolute atomic E-state index is 0.109. The van der Waals surface area contributed by atoms with Gasteiger partial charge in [-0.3, -0.25) is 14.4 Å². The Morgan fingerprint density at radius 3 is 2.35 bits per heavy atom. The fourth-order valence-corrected chi connectivity index (χ4v) is 5.79. The van der Waals surface area contributed by atoms with Gasteiger partial charge in [0.15, 0.2) is 11.0 Å². The predicted octanol–water partition coefficient (Wildman–Crippen LogP) is 2.92. The number of methoxy groups -OCH3 is 2. The molecule has 3 aromatic rings. The number of nitrogens with zero attached hydrogens (tertiary/aromatic N) is 6. The first-order valence-electron chi connectivity index (χ1n) is 16.3. The number of carbonyl (C=O) groups excluding carboxylic acids is 2. The Morgan fingerprint density at radius 1 is 1.04 bits per heavy atom. The van der Waals surface area contributed by atoms with Crippen LogP contribution in [-0.2, 0) is 45.1 Å². The molecule has 1 saturated heterocycles. The second-order valence-electron chi connectivity index (χ2n) is 12.4. The van der Waals surface area contributed by atoms with E-state index in [9.17, 15) is 9.59 Å². The quantitative estimate of drug-likeness (QED) is 0.252. The molecule has 2 aromatic heterocycles. The Hall–Kier alpha value is -3.52. The van der Waals surface area contributed by atoms with Crippen molar-refractivity contribution in [3.8, 4) is 11.1 Å². The monoisotopic (exact) mass is 642 g/mol. The number of benzene rings is 1. The standard InChI is InChI=1S/C33H51N7O6/c1-8-39-28-21-25(26-22-35-38(24-26)11-10-36-12-18-45-19-13-36)20-27(31(41)37(14-16-43-6)15-17-44-7)30(28)40(9-2)29(39)23-34-32(42)46-33(3,4)5/h20-22,24H,8-19,23H2,1-7H3/p+1. The zero-order valence-electron chi connectivity index (χ0n) is 28.6. The third kappa shape index (κ3) is 8.84. The SMILES string of the molecule is CCn1c(CNC(=O)OC(C)(C)C)[n+](CC)c2cc(-c3cnn(CCN4CCOCC4)c3)cc(C(=O)N(CCOC)CCOC)c21. The molecule has 0 aliphatic carbocycles. The number of hydrogen-bond acceptors (Lipinski definition) is 8. The van der Waals surface area contributed by atoms with Gasteiger partial charge in [0.25, 0.3) is 11.7 Å². The topological polar surface area (TPSA) is 116 Å². The van der Waals surface area contributed by atoms with Crippen LogP contribution in [0.3, 0.4) is 0 Å². The van der Waals surface area contributed by atoms with Gasteiger partial charge in [-0.1, -0.05) is 0 Å². The summed E-state index contributed by atoms with van der Waals surface area (Å²) >= 11 is 0. The summed E-state index contributed by atoms with van der Waals surface area (Å²) in [6.07, 6.45) is 3.41. The summed E-state index contributed by atoms with van der Waals surface area (Å²) in [7, 11) is 3.26. The molecule has 1 fully saturated rings.